The number of methoxy groups -OCH3 is 1. The van der Waals surface area contributed by atoms with Crippen LogP contribution in [-0.2, 0) is 4.74 Å². The van der Waals surface area contributed by atoms with Gasteiger partial charge in [-0.1, -0.05) is 0 Å². The molecule has 0 bridgehead atoms. The van der Waals surface area contributed by atoms with Gasteiger partial charge in [-0.15, -0.1) is 0 Å². The highest BCUT2D eigenvalue weighted by molar-refractivity contribution is 5.94. The predicted octanol–water partition coefficient (Wildman–Crippen LogP) is 2.16. The van der Waals surface area contributed by atoms with Gasteiger partial charge < -0.3 is 14.8 Å². The average Bonchev–Trinajstić information content (AvgIpc) is 2.32. The molecule has 1 atom stereocenters. The summed E-state index contributed by atoms with van der Waals surface area (Å²) in [6.45, 7) is 6.90. The third-order valence-corrected chi connectivity index (χ3v) is 2.53. The highest BCUT2D eigenvalue weighted by atomic mass is 16.5. The number of nitrogens with one attached hydrogen (secondary N) is 1. The van der Waals surface area contributed by atoms with Crippen molar-refractivity contribution in [3.05, 3.63) is 29.3 Å². The Balaban J connectivity index is 2.72. The zero-order valence-corrected chi connectivity index (χ0v) is 11.4. The van der Waals surface area contributed by atoms with E-state index in [4.69, 9.17) is 9.47 Å². The molecule has 0 aliphatic rings. The van der Waals surface area contributed by atoms with Crippen LogP contribution in [0, 0.1) is 6.92 Å². The number of carbonyl (C=O) groups excluding carboxylic acids is 1. The first-order chi connectivity index (χ1) is 8.58. The lowest BCUT2D eigenvalue weighted by Crippen LogP contribution is -2.35. The third kappa shape index (κ3) is 4.04. The molecule has 0 saturated carbocycles. The van der Waals surface area contributed by atoms with Crippen molar-refractivity contribution >= 4 is 5.91 Å². The molecule has 1 amide bonds. The van der Waals surface area contributed by atoms with Gasteiger partial charge in [0.2, 0.25) is 0 Å². The van der Waals surface area contributed by atoms with Crippen LogP contribution < -0.4 is 10.1 Å². The van der Waals surface area contributed by atoms with Gasteiger partial charge in [-0.2, -0.15) is 0 Å². The summed E-state index contributed by atoms with van der Waals surface area (Å²) in [6.07, 6.45) is 0. The van der Waals surface area contributed by atoms with Crippen LogP contribution in [-0.4, -0.2) is 32.3 Å². The van der Waals surface area contributed by atoms with Gasteiger partial charge in [0.25, 0.3) is 5.91 Å². The molecule has 0 aromatic heterocycles. The van der Waals surface area contributed by atoms with E-state index in [1.54, 1.807) is 13.2 Å². The van der Waals surface area contributed by atoms with Crippen LogP contribution in [0.2, 0.25) is 0 Å². The number of benzene rings is 1. The fourth-order valence-electron chi connectivity index (χ4n) is 1.71. The van der Waals surface area contributed by atoms with E-state index in [1.807, 2.05) is 32.9 Å². The fourth-order valence-corrected chi connectivity index (χ4v) is 1.71. The standard InChI is InChI=1S/C14H21NO3/c1-5-18-13-7-6-12(8-10(13)2)14(16)15-11(3)9-17-4/h6-8,11H,5,9H2,1-4H3,(H,15,16). The molecule has 0 aliphatic heterocycles. The second kappa shape index (κ2) is 7.01. The molecule has 0 saturated heterocycles. The Labute approximate surface area is 108 Å². The van der Waals surface area contributed by atoms with Crippen molar-refractivity contribution in [1.29, 1.82) is 0 Å². The number of aryl methyl sites for hydroxylation is 1. The number of hydrogen-bond acceptors (Lipinski definition) is 3. The Morgan fingerprint density at radius 3 is 2.72 bits per heavy atom. The Morgan fingerprint density at radius 1 is 1.44 bits per heavy atom. The Kier molecular flexibility index (Phi) is 5.65. The Morgan fingerprint density at radius 2 is 2.17 bits per heavy atom. The second-order valence-electron chi connectivity index (χ2n) is 4.24. The molecule has 0 spiro atoms. The van der Waals surface area contributed by atoms with Crippen molar-refractivity contribution in [2.75, 3.05) is 20.3 Å². The molecule has 100 valence electrons. The molecule has 4 heteroatoms. The Hall–Kier alpha value is -1.55. The van der Waals surface area contributed by atoms with Crippen LogP contribution in [0.4, 0.5) is 0 Å². The zero-order chi connectivity index (χ0) is 13.5. The summed E-state index contributed by atoms with van der Waals surface area (Å²) in [6, 6.07) is 5.43. The summed E-state index contributed by atoms with van der Waals surface area (Å²) in [5.41, 5.74) is 1.60. The van der Waals surface area contributed by atoms with Crippen LogP contribution in [0.15, 0.2) is 18.2 Å². The number of hydrogen-bond donors (Lipinski definition) is 1. The zero-order valence-electron chi connectivity index (χ0n) is 11.4. The third-order valence-electron chi connectivity index (χ3n) is 2.53. The number of ether oxygens (including phenoxy) is 2. The molecular weight excluding hydrogens is 230 g/mol. The largest absolute Gasteiger partial charge is 0.494 e. The predicted molar refractivity (Wildman–Crippen MR) is 71.2 cm³/mol. The molecule has 1 rings (SSSR count). The highest BCUT2D eigenvalue weighted by Crippen LogP contribution is 2.19. The van der Waals surface area contributed by atoms with Crippen molar-refractivity contribution in [2.24, 2.45) is 0 Å². The fraction of sp³-hybridized carbons (Fsp3) is 0.500. The van der Waals surface area contributed by atoms with E-state index < -0.39 is 0 Å². The molecule has 4 nitrogen and oxygen atoms in total. The molecule has 0 heterocycles. The number of amides is 1. The van der Waals surface area contributed by atoms with Crippen molar-refractivity contribution in [3.63, 3.8) is 0 Å². The summed E-state index contributed by atoms with van der Waals surface area (Å²) in [5.74, 6) is 0.727. The molecule has 0 radical (unpaired) electrons. The maximum absolute atomic E-state index is 11.9. The normalized spacial score (nSPS) is 12.0. The van der Waals surface area contributed by atoms with E-state index in [2.05, 4.69) is 5.32 Å². The van der Waals surface area contributed by atoms with Gasteiger partial charge in [0.15, 0.2) is 0 Å². The van der Waals surface area contributed by atoms with Gasteiger partial charge >= 0.3 is 0 Å². The number of rotatable bonds is 6. The van der Waals surface area contributed by atoms with E-state index >= 15 is 0 Å². The molecule has 1 aromatic rings. The summed E-state index contributed by atoms with van der Waals surface area (Å²) < 4.78 is 10.4. The van der Waals surface area contributed by atoms with Gasteiger partial charge in [-0.05, 0) is 44.5 Å². The lowest BCUT2D eigenvalue weighted by atomic mass is 10.1. The van der Waals surface area contributed by atoms with Crippen LogP contribution >= 0.6 is 0 Å². The van der Waals surface area contributed by atoms with Crippen molar-refractivity contribution < 1.29 is 14.3 Å². The quantitative estimate of drug-likeness (QED) is 0.842. The molecule has 1 aromatic carbocycles. The van der Waals surface area contributed by atoms with Gasteiger partial charge in [0.1, 0.15) is 5.75 Å². The van der Waals surface area contributed by atoms with Gasteiger partial charge in [-0.25, -0.2) is 0 Å². The van der Waals surface area contributed by atoms with Crippen LogP contribution in [0.1, 0.15) is 29.8 Å². The highest BCUT2D eigenvalue weighted by Gasteiger charge is 2.11. The first kappa shape index (κ1) is 14.5. The lowest BCUT2D eigenvalue weighted by molar-refractivity contribution is 0.0905. The molecular formula is C14H21NO3. The van der Waals surface area contributed by atoms with E-state index in [0.29, 0.717) is 18.8 Å². The summed E-state index contributed by atoms with van der Waals surface area (Å²) >= 11 is 0. The average molecular weight is 251 g/mol. The van der Waals surface area contributed by atoms with Gasteiger partial charge in [0, 0.05) is 18.7 Å². The molecule has 18 heavy (non-hydrogen) atoms. The van der Waals surface area contributed by atoms with Crippen LogP contribution in [0.5, 0.6) is 5.75 Å². The van der Waals surface area contributed by atoms with Crippen molar-refractivity contribution in [1.82, 2.24) is 5.32 Å². The Bertz CT molecular complexity index is 404. The summed E-state index contributed by atoms with van der Waals surface area (Å²) in [4.78, 5) is 11.9. The van der Waals surface area contributed by atoms with Crippen molar-refractivity contribution in [2.45, 2.75) is 26.8 Å². The minimum absolute atomic E-state index is 0.00521. The number of carbonyl (C=O) groups is 1. The van der Waals surface area contributed by atoms with E-state index in [9.17, 15) is 4.79 Å². The maximum Gasteiger partial charge on any atom is 0.251 e. The van der Waals surface area contributed by atoms with Crippen molar-refractivity contribution in [3.8, 4) is 5.75 Å². The minimum Gasteiger partial charge on any atom is -0.494 e. The monoisotopic (exact) mass is 251 g/mol. The first-order valence-electron chi connectivity index (χ1n) is 6.11. The van der Waals surface area contributed by atoms with Crippen LogP contribution in [0.25, 0.3) is 0 Å². The molecule has 0 aliphatic carbocycles. The van der Waals surface area contributed by atoms with Crippen LogP contribution in [0.3, 0.4) is 0 Å². The topological polar surface area (TPSA) is 47.6 Å². The molecule has 0 fully saturated rings. The SMILES string of the molecule is CCOc1ccc(C(=O)NC(C)COC)cc1C. The summed E-state index contributed by atoms with van der Waals surface area (Å²) in [5, 5.41) is 2.87. The maximum atomic E-state index is 11.9. The lowest BCUT2D eigenvalue weighted by Gasteiger charge is -2.14. The van der Waals surface area contributed by atoms with E-state index in [0.717, 1.165) is 11.3 Å². The molecule has 1 unspecified atom stereocenters. The van der Waals surface area contributed by atoms with Gasteiger partial charge in [-0.3, -0.25) is 4.79 Å². The first-order valence-corrected chi connectivity index (χ1v) is 6.11. The molecule has 1 N–H and O–H groups in total. The van der Waals surface area contributed by atoms with Gasteiger partial charge in [0.05, 0.1) is 13.2 Å². The summed E-state index contributed by atoms with van der Waals surface area (Å²) in [7, 11) is 1.61. The minimum atomic E-state index is -0.0919. The second-order valence-corrected chi connectivity index (χ2v) is 4.24. The van der Waals surface area contributed by atoms with E-state index in [1.165, 1.54) is 0 Å². The van der Waals surface area contributed by atoms with E-state index in [-0.39, 0.29) is 11.9 Å². The smallest absolute Gasteiger partial charge is 0.251 e.